The molecule has 0 bridgehead atoms. The third kappa shape index (κ3) is 3.49. The Morgan fingerprint density at radius 1 is 1.65 bits per heavy atom. The summed E-state index contributed by atoms with van der Waals surface area (Å²) in [4.78, 5) is 16.6. The van der Waals surface area contributed by atoms with E-state index in [1.807, 2.05) is 26.2 Å². The van der Waals surface area contributed by atoms with Crippen molar-refractivity contribution in [2.24, 2.45) is 5.92 Å². The van der Waals surface area contributed by atoms with Crippen LogP contribution in [0.4, 0.5) is 4.79 Å². The fraction of sp³-hybridized carbons (Fsp3) is 0.714. The quantitative estimate of drug-likeness (QED) is 0.754. The number of urea groups is 1. The number of aryl methyl sites for hydroxylation is 1. The third-order valence-corrected chi connectivity index (χ3v) is 4.93. The van der Waals surface area contributed by atoms with E-state index < -0.39 is 5.54 Å². The number of amides is 2. The highest BCUT2D eigenvalue weighted by Gasteiger charge is 2.42. The van der Waals surface area contributed by atoms with Gasteiger partial charge < -0.3 is 15.7 Å². The molecule has 0 aromatic carbocycles. The number of nitrogens with zero attached hydrogens (tertiary/aromatic N) is 1. The Hall–Kier alpha value is -1.14. The third-order valence-electron chi connectivity index (χ3n) is 3.85. The van der Waals surface area contributed by atoms with Crippen molar-refractivity contribution in [2.45, 2.75) is 51.6 Å². The van der Waals surface area contributed by atoms with Crippen LogP contribution in [0.2, 0.25) is 0 Å². The Kier molecular flexibility index (Phi) is 4.65. The molecule has 3 N–H and O–H groups in total. The molecule has 0 aliphatic heterocycles. The molecule has 1 aliphatic carbocycles. The first-order valence-electron chi connectivity index (χ1n) is 7.10. The highest BCUT2D eigenvalue weighted by molar-refractivity contribution is 7.09. The molecule has 0 radical (unpaired) electrons. The average molecular weight is 297 g/mol. The van der Waals surface area contributed by atoms with Gasteiger partial charge in [0.25, 0.3) is 0 Å². The maximum atomic E-state index is 12.1. The molecule has 0 saturated heterocycles. The van der Waals surface area contributed by atoms with Crippen molar-refractivity contribution in [1.82, 2.24) is 15.6 Å². The lowest BCUT2D eigenvalue weighted by atomic mass is 9.97. The van der Waals surface area contributed by atoms with E-state index in [1.165, 1.54) is 0 Å². The van der Waals surface area contributed by atoms with Crippen molar-refractivity contribution in [3.05, 3.63) is 16.1 Å². The Balaban J connectivity index is 1.95. The SMILES string of the molecule is CCC(NC(=O)NC(C)(CO)C1CC1)c1nc(C)cs1. The number of hydrogen-bond donors (Lipinski definition) is 3. The van der Waals surface area contributed by atoms with Gasteiger partial charge in [0.15, 0.2) is 0 Å². The summed E-state index contributed by atoms with van der Waals surface area (Å²) in [7, 11) is 0. The predicted octanol–water partition coefficient (Wildman–Crippen LogP) is 2.36. The molecule has 6 heteroatoms. The van der Waals surface area contributed by atoms with E-state index in [9.17, 15) is 9.90 Å². The molecule has 2 unspecified atom stereocenters. The van der Waals surface area contributed by atoms with E-state index in [1.54, 1.807) is 11.3 Å². The van der Waals surface area contributed by atoms with Crippen LogP contribution in [-0.4, -0.2) is 28.3 Å². The molecule has 1 aromatic rings. The lowest BCUT2D eigenvalue weighted by Gasteiger charge is -2.29. The van der Waals surface area contributed by atoms with E-state index in [2.05, 4.69) is 15.6 Å². The second-order valence-electron chi connectivity index (χ2n) is 5.74. The van der Waals surface area contributed by atoms with Gasteiger partial charge >= 0.3 is 6.03 Å². The minimum atomic E-state index is -0.513. The van der Waals surface area contributed by atoms with E-state index in [-0.39, 0.29) is 18.7 Å². The number of carbonyl (C=O) groups excluding carboxylic acids is 1. The van der Waals surface area contributed by atoms with Gasteiger partial charge in [-0.1, -0.05) is 6.92 Å². The second kappa shape index (κ2) is 6.10. The monoisotopic (exact) mass is 297 g/mol. The molecule has 112 valence electrons. The first-order valence-corrected chi connectivity index (χ1v) is 7.98. The van der Waals surface area contributed by atoms with Gasteiger partial charge in [-0.3, -0.25) is 0 Å². The van der Waals surface area contributed by atoms with Crippen LogP contribution in [0.25, 0.3) is 0 Å². The van der Waals surface area contributed by atoms with Crippen LogP contribution in [0, 0.1) is 12.8 Å². The molecule has 1 fully saturated rings. The summed E-state index contributed by atoms with van der Waals surface area (Å²) in [6, 6.07) is -0.302. The molecule has 1 aromatic heterocycles. The molecule has 1 heterocycles. The number of hydrogen-bond acceptors (Lipinski definition) is 4. The molecule has 1 aliphatic rings. The number of carbonyl (C=O) groups is 1. The lowest BCUT2D eigenvalue weighted by Crippen LogP contribution is -2.54. The molecule has 0 spiro atoms. The highest BCUT2D eigenvalue weighted by atomic mass is 32.1. The summed E-state index contributed by atoms with van der Waals surface area (Å²) in [5, 5.41) is 18.3. The summed E-state index contributed by atoms with van der Waals surface area (Å²) >= 11 is 1.56. The largest absolute Gasteiger partial charge is 0.394 e. The maximum Gasteiger partial charge on any atom is 0.315 e. The Morgan fingerprint density at radius 2 is 2.35 bits per heavy atom. The van der Waals surface area contributed by atoms with Crippen molar-refractivity contribution < 1.29 is 9.90 Å². The fourth-order valence-corrected chi connectivity index (χ4v) is 3.25. The Bertz CT molecular complexity index is 473. The van der Waals surface area contributed by atoms with Crippen molar-refractivity contribution in [3.63, 3.8) is 0 Å². The van der Waals surface area contributed by atoms with Gasteiger partial charge in [-0.25, -0.2) is 9.78 Å². The highest BCUT2D eigenvalue weighted by Crippen LogP contribution is 2.39. The zero-order valence-electron chi connectivity index (χ0n) is 12.3. The molecular formula is C14H23N3O2S. The van der Waals surface area contributed by atoms with Gasteiger partial charge in [-0.2, -0.15) is 0 Å². The van der Waals surface area contributed by atoms with E-state index in [0.29, 0.717) is 5.92 Å². The summed E-state index contributed by atoms with van der Waals surface area (Å²) in [5.41, 5.74) is 0.463. The van der Waals surface area contributed by atoms with E-state index >= 15 is 0 Å². The zero-order chi connectivity index (χ0) is 14.8. The van der Waals surface area contributed by atoms with Gasteiger partial charge in [-0.05, 0) is 39.0 Å². The average Bonchev–Trinajstić information content (AvgIpc) is 3.19. The maximum absolute atomic E-state index is 12.1. The van der Waals surface area contributed by atoms with Gasteiger partial charge in [0.1, 0.15) is 5.01 Å². The van der Waals surface area contributed by atoms with Crippen molar-refractivity contribution in [3.8, 4) is 0 Å². The van der Waals surface area contributed by atoms with Crippen LogP contribution in [-0.2, 0) is 0 Å². The topological polar surface area (TPSA) is 74.2 Å². The molecule has 2 atom stereocenters. The van der Waals surface area contributed by atoms with Crippen molar-refractivity contribution >= 4 is 17.4 Å². The number of thiazole rings is 1. The normalized spacial score (nSPS) is 19.2. The van der Waals surface area contributed by atoms with Crippen LogP contribution in [0.5, 0.6) is 0 Å². The minimum absolute atomic E-state index is 0.0295. The van der Waals surface area contributed by atoms with Gasteiger partial charge in [0, 0.05) is 11.1 Å². The first-order chi connectivity index (χ1) is 9.48. The van der Waals surface area contributed by atoms with E-state index in [0.717, 1.165) is 30.0 Å². The predicted molar refractivity (Wildman–Crippen MR) is 79.8 cm³/mol. The molecule has 1 saturated carbocycles. The second-order valence-corrected chi connectivity index (χ2v) is 6.63. The van der Waals surface area contributed by atoms with Crippen LogP contribution in [0.1, 0.15) is 49.9 Å². The summed E-state index contributed by atoms with van der Waals surface area (Å²) in [6.07, 6.45) is 2.93. The molecule has 2 rings (SSSR count). The standard InChI is InChI=1S/C14H23N3O2S/c1-4-11(12-15-9(2)7-20-12)16-13(19)17-14(3,8-18)10-5-6-10/h7,10-11,18H,4-6,8H2,1-3H3,(H2,16,17,19). The van der Waals surface area contributed by atoms with Crippen molar-refractivity contribution in [2.75, 3.05) is 6.61 Å². The summed E-state index contributed by atoms with van der Waals surface area (Å²) in [5.74, 6) is 0.389. The fourth-order valence-electron chi connectivity index (χ4n) is 2.32. The minimum Gasteiger partial charge on any atom is -0.394 e. The number of rotatable bonds is 6. The Morgan fingerprint density at radius 3 is 2.80 bits per heavy atom. The molecule has 5 nitrogen and oxygen atoms in total. The zero-order valence-corrected chi connectivity index (χ0v) is 13.1. The number of nitrogens with one attached hydrogen (secondary N) is 2. The summed E-state index contributed by atoms with van der Waals surface area (Å²) < 4.78 is 0. The first kappa shape index (κ1) is 15.3. The Labute approximate surface area is 123 Å². The van der Waals surface area contributed by atoms with Gasteiger partial charge in [0.2, 0.25) is 0 Å². The number of aliphatic hydroxyl groups is 1. The van der Waals surface area contributed by atoms with E-state index in [4.69, 9.17) is 0 Å². The number of aliphatic hydroxyl groups excluding tert-OH is 1. The van der Waals surface area contributed by atoms with Crippen LogP contribution < -0.4 is 10.6 Å². The van der Waals surface area contributed by atoms with Crippen LogP contribution >= 0.6 is 11.3 Å². The lowest BCUT2D eigenvalue weighted by molar-refractivity contribution is 0.154. The molecule has 2 amide bonds. The molecular weight excluding hydrogens is 274 g/mol. The van der Waals surface area contributed by atoms with Gasteiger partial charge in [0.05, 0.1) is 18.2 Å². The van der Waals surface area contributed by atoms with Crippen LogP contribution in [0.15, 0.2) is 5.38 Å². The van der Waals surface area contributed by atoms with Gasteiger partial charge in [-0.15, -0.1) is 11.3 Å². The molecule has 20 heavy (non-hydrogen) atoms. The summed E-state index contributed by atoms with van der Waals surface area (Å²) in [6.45, 7) is 5.84. The van der Waals surface area contributed by atoms with Crippen molar-refractivity contribution in [1.29, 1.82) is 0 Å². The smallest absolute Gasteiger partial charge is 0.315 e. The number of aromatic nitrogens is 1. The van der Waals surface area contributed by atoms with Crippen LogP contribution in [0.3, 0.4) is 0 Å².